The second-order valence-electron chi connectivity index (χ2n) is 24.0. The Kier molecular flexibility index (Phi) is 40.8. The summed E-state index contributed by atoms with van der Waals surface area (Å²) in [5, 5.41) is 44.5. The number of pyridine rings is 2. The monoisotopic (exact) mass is 1390 g/mol. The Morgan fingerprint density at radius 2 is 1.10 bits per heavy atom. The first kappa shape index (κ1) is 81.3. The van der Waals surface area contributed by atoms with Crippen molar-refractivity contribution in [2.75, 3.05) is 150 Å². The van der Waals surface area contributed by atoms with Crippen LogP contribution in [-0.4, -0.2) is 233 Å². The molecule has 0 spiro atoms. The van der Waals surface area contributed by atoms with Crippen LogP contribution in [0.5, 0.6) is 5.75 Å². The highest BCUT2D eigenvalue weighted by Gasteiger charge is 2.27. The van der Waals surface area contributed by atoms with E-state index in [1.54, 1.807) is 18.2 Å². The van der Waals surface area contributed by atoms with Gasteiger partial charge in [-0.05, 0) is 117 Å². The Hall–Kier alpha value is -7.35. The number of hydrogen-bond donors (Lipinski definition) is 9. The van der Waals surface area contributed by atoms with Gasteiger partial charge in [0.2, 0.25) is 17.7 Å². The van der Waals surface area contributed by atoms with Crippen LogP contribution in [0.15, 0.2) is 78.9 Å². The Bertz CT molecular complexity index is 2950. The molecule has 10 N–H and O–H groups in total. The van der Waals surface area contributed by atoms with E-state index in [0.29, 0.717) is 211 Å². The maximum Gasteiger partial charge on any atom is 0.354 e. The lowest BCUT2D eigenvalue weighted by Gasteiger charge is -2.23. The predicted octanol–water partition coefficient (Wildman–Crippen LogP) is 5.30. The second kappa shape index (κ2) is 49.2. The summed E-state index contributed by atoms with van der Waals surface area (Å²) in [5.41, 5.74) is 10.6. The molecule has 542 valence electrons. The Morgan fingerprint density at radius 1 is 0.561 bits per heavy atom. The zero-order valence-corrected chi connectivity index (χ0v) is 57.8. The third-order valence-electron chi connectivity index (χ3n) is 15.4. The van der Waals surface area contributed by atoms with Crippen LogP contribution in [0.3, 0.4) is 0 Å². The van der Waals surface area contributed by atoms with Gasteiger partial charge in [0.1, 0.15) is 23.5 Å². The lowest BCUT2D eigenvalue weighted by atomic mass is 10.00. The van der Waals surface area contributed by atoms with Gasteiger partial charge in [0, 0.05) is 96.0 Å². The molecule has 2 unspecified atom stereocenters. The van der Waals surface area contributed by atoms with Crippen LogP contribution in [0, 0.1) is 5.92 Å². The molecular weight excluding hydrogens is 1280 g/mol. The van der Waals surface area contributed by atoms with Crippen LogP contribution in [-0.2, 0) is 84.7 Å². The van der Waals surface area contributed by atoms with E-state index in [9.17, 15) is 44.1 Å². The summed E-state index contributed by atoms with van der Waals surface area (Å²) in [6, 6.07) is 22.0. The van der Waals surface area contributed by atoms with Gasteiger partial charge in [-0.1, -0.05) is 56.3 Å². The minimum absolute atomic E-state index is 0.0102. The molecule has 0 aliphatic carbocycles. The molecule has 0 bridgehead atoms. The number of benzene rings is 2. The van der Waals surface area contributed by atoms with Crippen molar-refractivity contribution in [1.82, 2.24) is 41.0 Å². The molecule has 5 rings (SSSR count). The fourth-order valence-corrected chi connectivity index (χ4v) is 10.5. The summed E-state index contributed by atoms with van der Waals surface area (Å²) in [4.78, 5) is 88.4. The van der Waals surface area contributed by atoms with Crippen molar-refractivity contribution in [2.45, 2.75) is 116 Å². The highest BCUT2D eigenvalue weighted by Crippen LogP contribution is 2.19. The summed E-state index contributed by atoms with van der Waals surface area (Å²) >= 11 is 5.59. The minimum Gasteiger partial charge on any atom is -0.493 e. The van der Waals surface area contributed by atoms with E-state index in [4.69, 9.17) is 55.8 Å². The summed E-state index contributed by atoms with van der Waals surface area (Å²) in [7, 11) is 0. The van der Waals surface area contributed by atoms with Gasteiger partial charge >= 0.3 is 17.9 Å². The molecule has 2 aromatic carbocycles. The molecule has 4 aromatic rings. The van der Waals surface area contributed by atoms with Crippen molar-refractivity contribution in [3.05, 3.63) is 118 Å². The fourth-order valence-electron chi connectivity index (χ4n) is 10.2. The van der Waals surface area contributed by atoms with Gasteiger partial charge in [-0.2, -0.15) is 0 Å². The molecule has 1 saturated heterocycles. The average Bonchev–Trinajstić information content (AvgIpc) is 1.10. The topological polar surface area (TPSA) is 355 Å². The molecule has 3 heterocycles. The number of hydrogen-bond acceptors (Lipinski definition) is 20. The van der Waals surface area contributed by atoms with Gasteiger partial charge < -0.3 is 85.5 Å². The van der Waals surface area contributed by atoms with Crippen LogP contribution in [0.4, 0.5) is 5.69 Å². The maximum absolute atomic E-state index is 13.7. The molecular formula is C70H104N10O17S. The standard InChI is InChI=1S/C70H104N10O17S/c1-52(2)47-55-17-15-53(16-18-55)9-7-14-64(81)72-26-5-4-12-62(68(86)87)78-66(83)60(77-65(82)24-32-90-39-45-96-46-40-91-34-25-71)11-3-6-27-73-70(98)76-56-21-19-54(20-22-56)23-33-97-59-48-58(75-63(49-59)69(88)89)51-80-30-37-94-43-41-92-35-28-79(29-36-93-42-44-95-38-31-80)50-57-10-8-13-61(74-57)67(84)85/h8,10,13,15-22,48-49,52,60,62H,3-7,9,11-12,14,23-47,50-51,71H2,1-2H3,(H,72,81)(H,77,82)(H,78,83)(H,84,85)(H,86,87)(H,88,89)(H2,73,76,98). The average molecular weight is 1390 g/mol. The Balaban J connectivity index is 1.03. The molecule has 2 aromatic heterocycles. The van der Waals surface area contributed by atoms with Crippen LogP contribution >= 0.6 is 12.2 Å². The highest BCUT2D eigenvalue weighted by molar-refractivity contribution is 7.80. The molecule has 28 heteroatoms. The third-order valence-corrected chi connectivity index (χ3v) is 15.7. The van der Waals surface area contributed by atoms with Crippen molar-refractivity contribution in [3.8, 4) is 5.75 Å². The van der Waals surface area contributed by atoms with Gasteiger partial charge in [-0.25, -0.2) is 24.4 Å². The molecule has 27 nitrogen and oxygen atoms in total. The zero-order valence-electron chi connectivity index (χ0n) is 57.0. The molecule has 0 saturated carbocycles. The first-order chi connectivity index (χ1) is 47.5. The first-order valence-electron chi connectivity index (χ1n) is 34.1. The molecule has 1 aliphatic rings. The number of amides is 3. The Labute approximate surface area is 581 Å². The Morgan fingerprint density at radius 3 is 1.69 bits per heavy atom. The summed E-state index contributed by atoms with van der Waals surface area (Å²) in [6.45, 7) is 13.7. The molecule has 3 amide bonds. The van der Waals surface area contributed by atoms with E-state index < -0.39 is 41.8 Å². The predicted molar refractivity (Wildman–Crippen MR) is 372 cm³/mol. The number of aryl methyl sites for hydroxylation is 1. The molecule has 2 atom stereocenters. The van der Waals surface area contributed by atoms with E-state index in [1.807, 2.05) is 24.3 Å². The number of carboxylic acid groups (broad SMARTS) is 3. The minimum atomic E-state index is -1.21. The quantitative estimate of drug-likeness (QED) is 0.0201. The van der Waals surface area contributed by atoms with Gasteiger partial charge in [0.25, 0.3) is 0 Å². The number of carboxylic acids is 3. The number of ether oxygens (including phenoxy) is 8. The van der Waals surface area contributed by atoms with E-state index in [0.717, 1.165) is 24.1 Å². The summed E-state index contributed by atoms with van der Waals surface area (Å²) in [6.07, 6.45) is 5.71. The fraction of sp³-hybridized carbons (Fsp3) is 0.586. The van der Waals surface area contributed by atoms with Gasteiger partial charge in [0.15, 0.2) is 10.8 Å². The smallest absolute Gasteiger partial charge is 0.354 e. The number of aromatic carboxylic acids is 2. The van der Waals surface area contributed by atoms with E-state index in [1.165, 1.54) is 23.3 Å². The zero-order chi connectivity index (χ0) is 70.4. The van der Waals surface area contributed by atoms with Gasteiger partial charge in [0.05, 0.1) is 110 Å². The SMILES string of the molecule is CC(C)Cc1ccc(CCCC(=O)NCCCCC(NC(=O)C(CCCCNC(=S)Nc2ccc(CCOc3cc(CN4CCOCCOCCN(Cc5cccc(C(=O)O)n5)CCOCCOCC4)nc(C(=O)O)c3)cc2)NC(=O)CCOCCOCCOCCN)C(=O)O)cc1. The number of aromatic nitrogens is 2. The van der Waals surface area contributed by atoms with E-state index in [-0.39, 0.29) is 56.4 Å². The largest absolute Gasteiger partial charge is 0.493 e. The number of unbranched alkanes of at least 4 members (excludes halogenated alkanes) is 2. The summed E-state index contributed by atoms with van der Waals surface area (Å²) in [5.74, 6) is -3.64. The van der Waals surface area contributed by atoms with Crippen LogP contribution in [0.2, 0.25) is 0 Å². The number of aliphatic carboxylic acids is 1. The van der Waals surface area contributed by atoms with Crippen LogP contribution < -0.4 is 37.1 Å². The van der Waals surface area contributed by atoms with Crippen LogP contribution in [0.25, 0.3) is 0 Å². The van der Waals surface area contributed by atoms with Gasteiger partial charge in [-0.15, -0.1) is 0 Å². The number of nitrogens with one attached hydrogen (secondary N) is 5. The third kappa shape index (κ3) is 36.5. The number of carbonyl (C=O) groups is 6. The van der Waals surface area contributed by atoms with Gasteiger partial charge in [-0.3, -0.25) is 24.2 Å². The molecule has 0 radical (unpaired) electrons. The second-order valence-corrected chi connectivity index (χ2v) is 24.4. The number of thiocarbonyl (C=S) groups is 1. The molecule has 1 fully saturated rings. The van der Waals surface area contributed by atoms with E-state index >= 15 is 0 Å². The highest BCUT2D eigenvalue weighted by atomic mass is 32.1. The number of nitrogens with zero attached hydrogens (tertiary/aromatic N) is 4. The first-order valence-corrected chi connectivity index (χ1v) is 34.5. The lowest BCUT2D eigenvalue weighted by molar-refractivity contribution is -0.142. The van der Waals surface area contributed by atoms with E-state index in [2.05, 4.69) is 84.5 Å². The maximum atomic E-state index is 13.7. The summed E-state index contributed by atoms with van der Waals surface area (Å²) < 4.78 is 46.0. The van der Waals surface area contributed by atoms with Crippen molar-refractivity contribution >= 4 is 58.6 Å². The number of nitrogens with two attached hydrogens (primary N) is 1. The molecule has 1 aliphatic heterocycles. The number of rotatable bonds is 42. The van der Waals surface area contributed by atoms with Crippen molar-refractivity contribution < 1.29 is 82.0 Å². The van der Waals surface area contributed by atoms with Crippen LogP contribution in [0.1, 0.15) is 121 Å². The number of anilines is 1. The molecule has 98 heavy (non-hydrogen) atoms. The number of carbonyl (C=O) groups excluding carboxylic acids is 3. The van der Waals surface area contributed by atoms with Crippen molar-refractivity contribution in [3.63, 3.8) is 0 Å². The lowest BCUT2D eigenvalue weighted by Crippen LogP contribution is -2.51. The normalized spacial score (nSPS) is 14.7. The van der Waals surface area contributed by atoms with Crippen molar-refractivity contribution in [1.29, 1.82) is 0 Å². The van der Waals surface area contributed by atoms with Crippen molar-refractivity contribution in [2.24, 2.45) is 11.7 Å².